The van der Waals surface area contributed by atoms with Crippen LogP contribution >= 0.6 is 0 Å². The smallest absolute Gasteiger partial charge is 0.363 e. The van der Waals surface area contributed by atoms with E-state index in [0.29, 0.717) is 24.3 Å². The Morgan fingerprint density at radius 2 is 1.96 bits per heavy atom. The molecule has 0 fully saturated rings. The van der Waals surface area contributed by atoms with Gasteiger partial charge in [-0.2, -0.15) is 0 Å². The van der Waals surface area contributed by atoms with Crippen LogP contribution in [0, 0.1) is 5.82 Å². The molecule has 1 heterocycles. The Morgan fingerprint density at radius 1 is 1.12 bits per heavy atom. The zero-order valence-corrected chi connectivity index (χ0v) is 14.5. The molecule has 0 amide bonds. The molecule has 0 saturated heterocycles. The van der Waals surface area contributed by atoms with Crippen LogP contribution in [-0.2, 0) is 16.0 Å². The highest BCUT2D eigenvalue weighted by atomic mass is 19.1. The van der Waals surface area contributed by atoms with Crippen LogP contribution in [0.15, 0.2) is 53.2 Å². The van der Waals surface area contributed by atoms with Crippen LogP contribution in [0.2, 0.25) is 0 Å². The second-order valence-corrected chi connectivity index (χ2v) is 5.67. The maximum atomic E-state index is 13.8. The van der Waals surface area contributed by atoms with E-state index in [1.807, 2.05) is 24.3 Å². The van der Waals surface area contributed by atoms with Crippen molar-refractivity contribution in [1.29, 1.82) is 0 Å². The van der Waals surface area contributed by atoms with E-state index in [1.54, 1.807) is 13.2 Å². The molecule has 134 valence electrons. The third-order valence-corrected chi connectivity index (χ3v) is 3.91. The molecule has 0 aliphatic carbocycles. The van der Waals surface area contributed by atoms with Gasteiger partial charge >= 0.3 is 5.97 Å². The summed E-state index contributed by atoms with van der Waals surface area (Å²) in [7, 11) is 3.00. The Labute approximate surface area is 150 Å². The van der Waals surface area contributed by atoms with Gasteiger partial charge in [-0.15, -0.1) is 0 Å². The van der Waals surface area contributed by atoms with Crippen LogP contribution in [0.3, 0.4) is 0 Å². The van der Waals surface area contributed by atoms with Crippen molar-refractivity contribution in [2.45, 2.75) is 12.8 Å². The third-order valence-electron chi connectivity index (χ3n) is 3.91. The van der Waals surface area contributed by atoms with E-state index in [4.69, 9.17) is 14.2 Å². The molecular weight excluding hydrogens is 337 g/mol. The summed E-state index contributed by atoms with van der Waals surface area (Å²) < 4.78 is 29.0. The number of ether oxygens (including phenoxy) is 3. The molecule has 5 nitrogen and oxygen atoms in total. The summed E-state index contributed by atoms with van der Waals surface area (Å²) in [5.41, 5.74) is 1.71. The molecule has 1 aliphatic rings. The van der Waals surface area contributed by atoms with Crippen LogP contribution in [0.1, 0.15) is 17.5 Å². The summed E-state index contributed by atoms with van der Waals surface area (Å²) in [5.74, 6) is 0.217. The average Bonchev–Trinajstić information content (AvgIpc) is 3.00. The Kier molecular flexibility index (Phi) is 5.31. The van der Waals surface area contributed by atoms with Crippen molar-refractivity contribution < 1.29 is 23.4 Å². The first kappa shape index (κ1) is 17.7. The van der Waals surface area contributed by atoms with Gasteiger partial charge in [-0.1, -0.05) is 18.2 Å². The number of carbonyl (C=O) groups excluding carboxylic acids is 1. The predicted molar refractivity (Wildman–Crippen MR) is 95.8 cm³/mol. The first-order chi connectivity index (χ1) is 12.6. The number of benzene rings is 2. The molecular formula is C20H18FNO4. The molecule has 2 aromatic rings. The summed E-state index contributed by atoms with van der Waals surface area (Å²) in [6.45, 7) is 0. The average molecular weight is 355 g/mol. The number of cyclic esters (lactones) is 1. The van der Waals surface area contributed by atoms with Crippen molar-refractivity contribution in [3.63, 3.8) is 0 Å². The Morgan fingerprint density at radius 3 is 2.69 bits per heavy atom. The summed E-state index contributed by atoms with van der Waals surface area (Å²) in [6.07, 6.45) is 2.63. The zero-order chi connectivity index (χ0) is 18.5. The van der Waals surface area contributed by atoms with Gasteiger partial charge in [-0.3, -0.25) is 0 Å². The largest absolute Gasteiger partial charge is 0.497 e. The van der Waals surface area contributed by atoms with Crippen molar-refractivity contribution in [3.05, 3.63) is 65.1 Å². The number of esters is 1. The normalized spacial score (nSPS) is 15.0. The first-order valence-electron chi connectivity index (χ1n) is 8.07. The van der Waals surface area contributed by atoms with Gasteiger partial charge in [0.25, 0.3) is 0 Å². The van der Waals surface area contributed by atoms with Crippen LogP contribution in [0.5, 0.6) is 11.5 Å². The fourth-order valence-corrected chi connectivity index (χ4v) is 2.57. The number of hydrogen-bond donors (Lipinski definition) is 0. The molecule has 0 aromatic heterocycles. The molecule has 6 heteroatoms. The van der Waals surface area contributed by atoms with Gasteiger partial charge in [0.2, 0.25) is 0 Å². The third kappa shape index (κ3) is 4.08. The second-order valence-electron chi connectivity index (χ2n) is 5.67. The summed E-state index contributed by atoms with van der Waals surface area (Å²) >= 11 is 0. The van der Waals surface area contributed by atoms with Gasteiger partial charge in [-0.25, -0.2) is 14.2 Å². The first-order valence-corrected chi connectivity index (χ1v) is 8.07. The highest BCUT2D eigenvalue weighted by Gasteiger charge is 2.22. The quantitative estimate of drug-likeness (QED) is 0.585. The van der Waals surface area contributed by atoms with E-state index in [1.165, 1.54) is 25.3 Å². The van der Waals surface area contributed by atoms with Crippen LogP contribution < -0.4 is 9.47 Å². The van der Waals surface area contributed by atoms with Gasteiger partial charge in [0, 0.05) is 6.42 Å². The standard InChI is InChI=1S/C20H18FNO4/c1-24-15-5-3-4-13(10-15)7-9-19-22-17(20(23)26-19)12-14-6-8-18(25-2)16(21)11-14/h3-6,8,10-12H,7,9H2,1-2H3/b17-12+. The van der Waals surface area contributed by atoms with Crippen LogP contribution in [-0.4, -0.2) is 26.1 Å². The van der Waals surface area contributed by atoms with E-state index in [2.05, 4.69) is 4.99 Å². The van der Waals surface area contributed by atoms with E-state index in [-0.39, 0.29) is 11.4 Å². The predicted octanol–water partition coefficient (Wildman–Crippen LogP) is 3.77. The lowest BCUT2D eigenvalue weighted by molar-refractivity contribution is -0.130. The SMILES string of the molecule is COc1cccc(CCC2=N/C(=C/c3ccc(OC)c(F)c3)C(=O)O2)c1. The molecule has 3 rings (SSSR count). The molecule has 0 spiro atoms. The van der Waals surface area contributed by atoms with Gasteiger partial charge in [0.15, 0.2) is 23.2 Å². The van der Waals surface area contributed by atoms with Gasteiger partial charge in [-0.05, 0) is 47.9 Å². The topological polar surface area (TPSA) is 57.1 Å². The zero-order valence-electron chi connectivity index (χ0n) is 14.5. The van der Waals surface area contributed by atoms with Crippen molar-refractivity contribution in [3.8, 4) is 11.5 Å². The lowest BCUT2D eigenvalue weighted by Crippen LogP contribution is -2.05. The minimum Gasteiger partial charge on any atom is -0.497 e. The lowest BCUT2D eigenvalue weighted by atomic mass is 10.1. The van der Waals surface area contributed by atoms with Crippen molar-refractivity contribution in [1.82, 2.24) is 0 Å². The fourth-order valence-electron chi connectivity index (χ4n) is 2.57. The number of aryl methyl sites for hydroxylation is 1. The number of nitrogens with zero attached hydrogens (tertiary/aromatic N) is 1. The van der Waals surface area contributed by atoms with E-state index in [9.17, 15) is 9.18 Å². The van der Waals surface area contributed by atoms with E-state index >= 15 is 0 Å². The molecule has 0 radical (unpaired) electrons. The maximum Gasteiger partial charge on any atom is 0.363 e. The minimum atomic E-state index is -0.540. The molecule has 0 N–H and O–H groups in total. The number of halogens is 1. The fraction of sp³-hybridized carbons (Fsp3) is 0.200. The van der Waals surface area contributed by atoms with E-state index < -0.39 is 11.8 Å². The number of carbonyl (C=O) groups is 1. The van der Waals surface area contributed by atoms with Crippen LogP contribution in [0.25, 0.3) is 6.08 Å². The Balaban J connectivity index is 1.71. The van der Waals surface area contributed by atoms with Gasteiger partial charge in [0.1, 0.15) is 5.75 Å². The maximum absolute atomic E-state index is 13.8. The minimum absolute atomic E-state index is 0.142. The molecule has 2 aromatic carbocycles. The Bertz CT molecular complexity index is 889. The number of rotatable bonds is 6. The number of hydrogen-bond acceptors (Lipinski definition) is 5. The van der Waals surface area contributed by atoms with Crippen LogP contribution in [0.4, 0.5) is 4.39 Å². The van der Waals surface area contributed by atoms with Crippen molar-refractivity contribution >= 4 is 17.9 Å². The molecule has 0 atom stereocenters. The molecule has 26 heavy (non-hydrogen) atoms. The van der Waals surface area contributed by atoms with Crippen molar-refractivity contribution in [2.24, 2.45) is 4.99 Å². The molecule has 0 saturated carbocycles. The molecule has 0 bridgehead atoms. The number of aliphatic imine (C=N–C) groups is 1. The van der Waals surface area contributed by atoms with Gasteiger partial charge in [0.05, 0.1) is 14.2 Å². The number of methoxy groups -OCH3 is 2. The van der Waals surface area contributed by atoms with E-state index in [0.717, 1.165) is 11.3 Å². The molecule has 0 unspecified atom stereocenters. The highest BCUT2D eigenvalue weighted by molar-refractivity contribution is 6.07. The monoisotopic (exact) mass is 355 g/mol. The summed E-state index contributed by atoms with van der Waals surface area (Å²) in [6, 6.07) is 12.1. The highest BCUT2D eigenvalue weighted by Crippen LogP contribution is 2.22. The van der Waals surface area contributed by atoms with Gasteiger partial charge < -0.3 is 14.2 Å². The lowest BCUT2D eigenvalue weighted by Gasteiger charge is -2.03. The summed E-state index contributed by atoms with van der Waals surface area (Å²) in [5, 5.41) is 0. The molecule has 1 aliphatic heterocycles. The second kappa shape index (κ2) is 7.82. The summed E-state index contributed by atoms with van der Waals surface area (Å²) in [4.78, 5) is 16.2. The Hall–Kier alpha value is -3.15. The van der Waals surface area contributed by atoms with Crippen molar-refractivity contribution in [2.75, 3.05) is 14.2 Å².